The van der Waals surface area contributed by atoms with Crippen molar-refractivity contribution in [2.75, 3.05) is 42.9 Å². The van der Waals surface area contributed by atoms with Crippen molar-refractivity contribution >= 4 is 40.2 Å². The van der Waals surface area contributed by atoms with Crippen molar-refractivity contribution in [3.63, 3.8) is 0 Å². The third-order valence-electron chi connectivity index (χ3n) is 5.12. The van der Waals surface area contributed by atoms with Crippen LogP contribution in [0.25, 0.3) is 10.6 Å². The molecule has 1 aliphatic rings. The zero-order valence-electron chi connectivity index (χ0n) is 16.3. The standard InChI is InChI=1S/C22H23ClN4OS/c1-2-26-10-12-27(13-11-26)20-9-8-17(23)14-18(20)24-21(28)19-15-29-22(25-19)16-6-4-3-5-7-16/h3-9,14-15H,2,10-13H2,1H3,(H,24,28). The van der Waals surface area contributed by atoms with Gasteiger partial charge in [-0.15, -0.1) is 11.3 Å². The molecule has 3 aromatic rings. The van der Waals surface area contributed by atoms with Crippen LogP contribution in [0.3, 0.4) is 0 Å². The van der Waals surface area contributed by atoms with E-state index >= 15 is 0 Å². The number of nitrogens with zero attached hydrogens (tertiary/aromatic N) is 3. The lowest BCUT2D eigenvalue weighted by atomic mass is 10.2. The summed E-state index contributed by atoms with van der Waals surface area (Å²) in [6.07, 6.45) is 0. The molecule has 2 heterocycles. The lowest BCUT2D eigenvalue weighted by Crippen LogP contribution is -2.46. The van der Waals surface area contributed by atoms with Gasteiger partial charge in [0.1, 0.15) is 10.7 Å². The van der Waals surface area contributed by atoms with Crippen LogP contribution in [0.15, 0.2) is 53.9 Å². The molecule has 5 nitrogen and oxygen atoms in total. The first-order valence-electron chi connectivity index (χ1n) is 9.73. The van der Waals surface area contributed by atoms with Gasteiger partial charge in [0, 0.05) is 42.1 Å². The van der Waals surface area contributed by atoms with E-state index in [1.54, 1.807) is 5.38 Å². The molecule has 0 aliphatic carbocycles. The van der Waals surface area contributed by atoms with Crippen LogP contribution < -0.4 is 10.2 Å². The Kier molecular flexibility index (Phi) is 6.13. The summed E-state index contributed by atoms with van der Waals surface area (Å²) in [4.78, 5) is 22.1. The van der Waals surface area contributed by atoms with Crippen molar-refractivity contribution in [3.05, 3.63) is 64.6 Å². The van der Waals surface area contributed by atoms with Gasteiger partial charge in [-0.25, -0.2) is 4.98 Å². The maximum absolute atomic E-state index is 12.9. The van der Waals surface area contributed by atoms with Crippen molar-refractivity contribution in [2.24, 2.45) is 0 Å². The van der Waals surface area contributed by atoms with Gasteiger partial charge in [-0.3, -0.25) is 4.79 Å². The van der Waals surface area contributed by atoms with Crippen LogP contribution in [0.2, 0.25) is 5.02 Å². The number of nitrogens with one attached hydrogen (secondary N) is 1. The molecule has 0 saturated carbocycles. The second kappa shape index (κ2) is 8.95. The monoisotopic (exact) mass is 426 g/mol. The third kappa shape index (κ3) is 4.61. The molecular formula is C22H23ClN4OS. The maximum Gasteiger partial charge on any atom is 0.275 e. The molecule has 4 rings (SSSR count). The van der Waals surface area contributed by atoms with Gasteiger partial charge in [0.25, 0.3) is 5.91 Å². The molecule has 1 N–H and O–H groups in total. The van der Waals surface area contributed by atoms with Gasteiger partial charge in [-0.05, 0) is 24.7 Å². The molecule has 0 bridgehead atoms. The van der Waals surface area contributed by atoms with Gasteiger partial charge in [0.15, 0.2) is 0 Å². The second-order valence-electron chi connectivity index (χ2n) is 6.94. The highest BCUT2D eigenvalue weighted by Crippen LogP contribution is 2.31. The first kappa shape index (κ1) is 19.9. The summed E-state index contributed by atoms with van der Waals surface area (Å²) in [5, 5.41) is 6.24. The van der Waals surface area contributed by atoms with Crippen LogP contribution in [-0.4, -0.2) is 48.5 Å². The van der Waals surface area contributed by atoms with Crippen LogP contribution in [0, 0.1) is 0 Å². The van der Waals surface area contributed by atoms with Crippen molar-refractivity contribution < 1.29 is 4.79 Å². The van der Waals surface area contributed by atoms with Crippen LogP contribution >= 0.6 is 22.9 Å². The number of anilines is 2. The predicted octanol–water partition coefficient (Wildman–Crippen LogP) is 4.86. The van der Waals surface area contributed by atoms with Gasteiger partial charge in [0.05, 0.1) is 11.4 Å². The minimum atomic E-state index is -0.223. The number of halogens is 1. The fraction of sp³-hybridized carbons (Fsp3) is 0.273. The van der Waals surface area contributed by atoms with E-state index in [-0.39, 0.29) is 5.91 Å². The van der Waals surface area contributed by atoms with E-state index in [0.29, 0.717) is 10.7 Å². The number of likely N-dealkylation sites (N-methyl/N-ethyl adjacent to an activating group) is 1. The first-order chi connectivity index (χ1) is 14.1. The fourth-order valence-corrected chi connectivity index (χ4v) is 4.45. The van der Waals surface area contributed by atoms with Crippen molar-refractivity contribution in [1.29, 1.82) is 0 Å². The van der Waals surface area contributed by atoms with Crippen molar-refractivity contribution in [1.82, 2.24) is 9.88 Å². The Balaban J connectivity index is 1.53. The average molecular weight is 427 g/mol. The highest BCUT2D eigenvalue weighted by atomic mass is 35.5. The smallest absolute Gasteiger partial charge is 0.275 e. The molecule has 1 aliphatic heterocycles. The zero-order chi connectivity index (χ0) is 20.2. The summed E-state index contributed by atoms with van der Waals surface area (Å²) < 4.78 is 0. The average Bonchev–Trinajstić information content (AvgIpc) is 3.25. The van der Waals surface area contributed by atoms with E-state index < -0.39 is 0 Å². The molecule has 0 atom stereocenters. The number of rotatable bonds is 5. The highest BCUT2D eigenvalue weighted by Gasteiger charge is 2.20. The molecular weight excluding hydrogens is 404 g/mol. The molecule has 1 saturated heterocycles. The minimum absolute atomic E-state index is 0.223. The number of benzene rings is 2. The topological polar surface area (TPSA) is 48.5 Å². The number of hydrogen-bond donors (Lipinski definition) is 1. The summed E-state index contributed by atoms with van der Waals surface area (Å²) in [6, 6.07) is 15.5. The number of carbonyl (C=O) groups excluding carboxylic acids is 1. The number of amides is 1. The quantitative estimate of drug-likeness (QED) is 0.633. The van der Waals surface area contributed by atoms with Gasteiger partial charge in [-0.2, -0.15) is 0 Å². The number of carbonyl (C=O) groups is 1. The van der Waals surface area contributed by atoms with E-state index in [2.05, 4.69) is 27.0 Å². The minimum Gasteiger partial charge on any atom is -0.367 e. The van der Waals surface area contributed by atoms with E-state index in [4.69, 9.17) is 11.6 Å². The van der Waals surface area contributed by atoms with Crippen LogP contribution in [0.5, 0.6) is 0 Å². The van der Waals surface area contributed by atoms with Crippen LogP contribution in [-0.2, 0) is 0 Å². The predicted molar refractivity (Wildman–Crippen MR) is 121 cm³/mol. The zero-order valence-corrected chi connectivity index (χ0v) is 17.8. The first-order valence-corrected chi connectivity index (χ1v) is 11.0. The molecule has 29 heavy (non-hydrogen) atoms. The summed E-state index contributed by atoms with van der Waals surface area (Å²) in [6.45, 7) is 7.12. The Bertz CT molecular complexity index is 983. The molecule has 0 radical (unpaired) electrons. The molecule has 1 amide bonds. The SMILES string of the molecule is CCN1CCN(c2ccc(Cl)cc2NC(=O)c2csc(-c3ccccc3)n2)CC1. The normalized spacial score (nSPS) is 14.8. The Morgan fingerprint density at radius 2 is 1.90 bits per heavy atom. The molecule has 1 aromatic heterocycles. The van der Waals surface area contributed by atoms with Gasteiger partial charge in [-0.1, -0.05) is 48.9 Å². The maximum atomic E-state index is 12.9. The van der Waals surface area contributed by atoms with Crippen LogP contribution in [0.1, 0.15) is 17.4 Å². The molecule has 0 spiro atoms. The summed E-state index contributed by atoms with van der Waals surface area (Å²) in [7, 11) is 0. The second-order valence-corrected chi connectivity index (χ2v) is 8.24. The molecule has 1 fully saturated rings. The fourth-order valence-electron chi connectivity index (χ4n) is 3.47. The summed E-state index contributed by atoms with van der Waals surface area (Å²) in [5.74, 6) is -0.223. The lowest BCUT2D eigenvalue weighted by molar-refractivity contribution is 0.102. The van der Waals surface area contributed by atoms with Gasteiger partial charge < -0.3 is 15.1 Å². The lowest BCUT2D eigenvalue weighted by Gasteiger charge is -2.36. The van der Waals surface area contributed by atoms with E-state index in [1.165, 1.54) is 11.3 Å². The van der Waals surface area contributed by atoms with E-state index in [0.717, 1.165) is 54.7 Å². The molecule has 2 aromatic carbocycles. The largest absolute Gasteiger partial charge is 0.367 e. The Hall–Kier alpha value is -2.41. The van der Waals surface area contributed by atoms with Crippen LogP contribution in [0.4, 0.5) is 11.4 Å². The van der Waals surface area contributed by atoms with E-state index in [1.807, 2.05) is 48.5 Å². The van der Waals surface area contributed by atoms with Gasteiger partial charge in [0.2, 0.25) is 0 Å². The highest BCUT2D eigenvalue weighted by molar-refractivity contribution is 7.13. The van der Waals surface area contributed by atoms with E-state index in [9.17, 15) is 4.79 Å². The number of piperazine rings is 1. The summed E-state index contributed by atoms with van der Waals surface area (Å²) in [5.41, 5.74) is 3.14. The number of aromatic nitrogens is 1. The Morgan fingerprint density at radius 3 is 2.62 bits per heavy atom. The van der Waals surface area contributed by atoms with Gasteiger partial charge >= 0.3 is 0 Å². The summed E-state index contributed by atoms with van der Waals surface area (Å²) >= 11 is 7.69. The third-order valence-corrected chi connectivity index (χ3v) is 6.25. The number of hydrogen-bond acceptors (Lipinski definition) is 5. The Morgan fingerprint density at radius 1 is 1.14 bits per heavy atom. The number of thiazole rings is 1. The Labute approximate surface area is 179 Å². The van der Waals surface area contributed by atoms with Crippen molar-refractivity contribution in [2.45, 2.75) is 6.92 Å². The van der Waals surface area contributed by atoms with Crippen molar-refractivity contribution in [3.8, 4) is 10.6 Å². The molecule has 7 heteroatoms. The molecule has 150 valence electrons. The molecule has 0 unspecified atom stereocenters.